The van der Waals surface area contributed by atoms with Crippen LogP contribution in [0.5, 0.6) is 0 Å². The van der Waals surface area contributed by atoms with Crippen LogP contribution >= 0.6 is 11.6 Å². The quantitative estimate of drug-likeness (QED) is 0.812. The number of halogens is 4. The molecule has 0 atom stereocenters. The standard InChI is InChI=1S/C15H10ClF3N2O2/c16-10-6-2-4-8-12(10)21-14(23)13(22)20-11-7-3-1-5-9(11)15(17,18)19/h1-8H,(H,20,22)(H,21,23). The molecule has 0 heterocycles. The van der Waals surface area contributed by atoms with E-state index >= 15 is 0 Å². The Morgan fingerprint density at radius 1 is 0.826 bits per heavy atom. The van der Waals surface area contributed by atoms with Gasteiger partial charge < -0.3 is 10.6 Å². The highest BCUT2D eigenvalue weighted by atomic mass is 35.5. The van der Waals surface area contributed by atoms with Crippen LogP contribution in [-0.2, 0) is 15.8 Å². The van der Waals surface area contributed by atoms with Gasteiger partial charge in [-0.05, 0) is 24.3 Å². The van der Waals surface area contributed by atoms with Gasteiger partial charge in [0.1, 0.15) is 0 Å². The number of benzene rings is 2. The summed E-state index contributed by atoms with van der Waals surface area (Å²) in [5, 5.41) is 4.37. The van der Waals surface area contributed by atoms with Crippen molar-refractivity contribution < 1.29 is 22.8 Å². The lowest BCUT2D eigenvalue weighted by Gasteiger charge is -2.13. The minimum Gasteiger partial charge on any atom is -0.317 e. The van der Waals surface area contributed by atoms with E-state index in [0.29, 0.717) is 0 Å². The van der Waals surface area contributed by atoms with Crippen LogP contribution in [0.1, 0.15) is 5.56 Å². The second kappa shape index (κ2) is 6.70. The van der Waals surface area contributed by atoms with Crippen molar-refractivity contribution in [3.63, 3.8) is 0 Å². The van der Waals surface area contributed by atoms with Crippen LogP contribution < -0.4 is 10.6 Å². The first-order valence-corrected chi connectivity index (χ1v) is 6.70. The van der Waals surface area contributed by atoms with Crippen molar-refractivity contribution in [3.05, 3.63) is 59.1 Å². The minimum absolute atomic E-state index is 0.179. The Kier molecular flexibility index (Phi) is 4.90. The van der Waals surface area contributed by atoms with E-state index in [-0.39, 0.29) is 10.7 Å². The van der Waals surface area contributed by atoms with Crippen LogP contribution in [0.15, 0.2) is 48.5 Å². The highest BCUT2D eigenvalue weighted by molar-refractivity contribution is 6.44. The number of para-hydroxylation sites is 2. The number of hydrogen-bond acceptors (Lipinski definition) is 2. The van der Waals surface area contributed by atoms with Crippen LogP contribution in [0.3, 0.4) is 0 Å². The van der Waals surface area contributed by atoms with Crippen molar-refractivity contribution in [2.45, 2.75) is 6.18 Å². The number of hydrogen-bond donors (Lipinski definition) is 2. The topological polar surface area (TPSA) is 58.2 Å². The number of rotatable bonds is 2. The Morgan fingerprint density at radius 2 is 1.30 bits per heavy atom. The number of carbonyl (C=O) groups excluding carboxylic acids is 2. The molecule has 2 aromatic rings. The summed E-state index contributed by atoms with van der Waals surface area (Å²) >= 11 is 5.82. The molecule has 2 aromatic carbocycles. The summed E-state index contributed by atoms with van der Waals surface area (Å²) in [5.41, 5.74) is -1.36. The van der Waals surface area contributed by atoms with Crippen molar-refractivity contribution in [2.75, 3.05) is 10.6 Å². The predicted octanol–water partition coefficient (Wildman–Crippen LogP) is 3.94. The number of carbonyl (C=O) groups is 2. The minimum atomic E-state index is -4.65. The molecule has 2 rings (SSSR count). The SMILES string of the molecule is O=C(Nc1ccccc1Cl)C(=O)Nc1ccccc1C(F)(F)F. The average molecular weight is 343 g/mol. The van der Waals surface area contributed by atoms with E-state index in [9.17, 15) is 22.8 Å². The highest BCUT2D eigenvalue weighted by Crippen LogP contribution is 2.34. The van der Waals surface area contributed by atoms with Crippen molar-refractivity contribution in [1.82, 2.24) is 0 Å². The molecule has 0 aliphatic carbocycles. The van der Waals surface area contributed by atoms with Crippen molar-refractivity contribution in [1.29, 1.82) is 0 Å². The normalized spacial score (nSPS) is 11.0. The van der Waals surface area contributed by atoms with Gasteiger partial charge in [-0.3, -0.25) is 9.59 Å². The van der Waals surface area contributed by atoms with Gasteiger partial charge in [0.15, 0.2) is 0 Å². The summed E-state index contributed by atoms with van der Waals surface area (Å²) < 4.78 is 38.5. The number of nitrogens with one attached hydrogen (secondary N) is 2. The van der Waals surface area contributed by atoms with Crippen molar-refractivity contribution in [2.24, 2.45) is 0 Å². The molecule has 0 aliphatic rings. The maximum absolute atomic E-state index is 12.8. The van der Waals surface area contributed by atoms with Gasteiger partial charge in [-0.1, -0.05) is 35.9 Å². The van der Waals surface area contributed by atoms with E-state index in [1.807, 2.05) is 5.32 Å². The van der Waals surface area contributed by atoms with Gasteiger partial charge >= 0.3 is 18.0 Å². The van der Waals surface area contributed by atoms with Crippen molar-refractivity contribution >= 4 is 34.8 Å². The zero-order valence-corrected chi connectivity index (χ0v) is 12.2. The molecule has 4 nitrogen and oxygen atoms in total. The summed E-state index contributed by atoms with van der Waals surface area (Å²) in [7, 11) is 0. The van der Waals surface area contributed by atoms with Crippen LogP contribution in [0.25, 0.3) is 0 Å². The third-order valence-corrected chi connectivity index (χ3v) is 3.14. The molecule has 2 amide bonds. The maximum Gasteiger partial charge on any atom is 0.418 e. The van der Waals surface area contributed by atoms with Gasteiger partial charge in [0.05, 0.1) is 22.0 Å². The molecule has 23 heavy (non-hydrogen) atoms. The molecule has 0 unspecified atom stereocenters. The lowest BCUT2D eigenvalue weighted by atomic mass is 10.1. The first-order valence-electron chi connectivity index (χ1n) is 6.32. The first kappa shape index (κ1) is 16.8. The van der Waals surface area contributed by atoms with E-state index in [1.165, 1.54) is 24.3 Å². The first-order chi connectivity index (χ1) is 10.8. The second-order valence-corrected chi connectivity index (χ2v) is 4.84. The zero-order valence-electron chi connectivity index (χ0n) is 11.4. The molecular formula is C15H10ClF3N2O2. The molecule has 2 N–H and O–H groups in total. The molecule has 0 radical (unpaired) electrons. The van der Waals surface area contributed by atoms with Gasteiger partial charge in [-0.2, -0.15) is 13.2 Å². The molecule has 0 aliphatic heterocycles. The third kappa shape index (κ3) is 4.23. The molecule has 0 saturated carbocycles. The molecule has 0 fully saturated rings. The fourth-order valence-corrected chi connectivity index (χ4v) is 1.94. The fraction of sp³-hybridized carbons (Fsp3) is 0.0667. The summed E-state index contributed by atoms with van der Waals surface area (Å²) in [4.78, 5) is 23.5. The monoisotopic (exact) mass is 342 g/mol. The lowest BCUT2D eigenvalue weighted by molar-refractivity contribution is -0.137. The molecule has 0 spiro atoms. The van der Waals surface area contributed by atoms with Crippen molar-refractivity contribution in [3.8, 4) is 0 Å². The molecule has 120 valence electrons. The van der Waals surface area contributed by atoms with Crippen LogP contribution in [0.4, 0.5) is 24.5 Å². The number of amides is 2. The van der Waals surface area contributed by atoms with Crippen LogP contribution in [0.2, 0.25) is 5.02 Å². The summed E-state index contributed by atoms with van der Waals surface area (Å²) in [6.45, 7) is 0. The van der Waals surface area contributed by atoms with E-state index in [1.54, 1.807) is 12.1 Å². The Bertz CT molecular complexity index is 747. The number of alkyl halides is 3. The van der Waals surface area contributed by atoms with E-state index in [0.717, 1.165) is 12.1 Å². The zero-order chi connectivity index (χ0) is 17.0. The largest absolute Gasteiger partial charge is 0.418 e. The Hall–Kier alpha value is -2.54. The van der Waals surface area contributed by atoms with E-state index in [2.05, 4.69) is 5.32 Å². The summed E-state index contributed by atoms with van der Waals surface area (Å²) in [6, 6.07) is 10.5. The Morgan fingerprint density at radius 3 is 1.87 bits per heavy atom. The predicted molar refractivity (Wildman–Crippen MR) is 80.2 cm³/mol. The Labute approximate surface area is 134 Å². The Balaban J connectivity index is 2.14. The van der Waals surface area contributed by atoms with Gasteiger partial charge in [-0.15, -0.1) is 0 Å². The molecule has 0 aromatic heterocycles. The number of anilines is 2. The molecule has 0 saturated heterocycles. The van der Waals surface area contributed by atoms with Crippen LogP contribution in [0, 0.1) is 0 Å². The molecule has 8 heteroatoms. The van der Waals surface area contributed by atoms with E-state index < -0.39 is 29.2 Å². The smallest absolute Gasteiger partial charge is 0.317 e. The third-order valence-electron chi connectivity index (χ3n) is 2.81. The second-order valence-electron chi connectivity index (χ2n) is 4.43. The van der Waals surface area contributed by atoms with Gasteiger partial charge in [0, 0.05) is 0 Å². The average Bonchev–Trinajstić information content (AvgIpc) is 2.49. The van der Waals surface area contributed by atoms with Gasteiger partial charge in [0.25, 0.3) is 0 Å². The van der Waals surface area contributed by atoms with Gasteiger partial charge in [-0.25, -0.2) is 0 Å². The summed E-state index contributed by atoms with van der Waals surface area (Å²) in [6.07, 6.45) is -4.65. The summed E-state index contributed by atoms with van der Waals surface area (Å²) in [5.74, 6) is -2.36. The highest BCUT2D eigenvalue weighted by Gasteiger charge is 2.34. The fourth-order valence-electron chi connectivity index (χ4n) is 1.76. The molecular weight excluding hydrogens is 333 g/mol. The van der Waals surface area contributed by atoms with E-state index in [4.69, 9.17) is 11.6 Å². The van der Waals surface area contributed by atoms with Crippen LogP contribution in [-0.4, -0.2) is 11.8 Å². The van der Waals surface area contributed by atoms with Gasteiger partial charge in [0.2, 0.25) is 0 Å². The maximum atomic E-state index is 12.8. The molecule has 0 bridgehead atoms. The lowest BCUT2D eigenvalue weighted by Crippen LogP contribution is -2.30.